The van der Waals surface area contributed by atoms with E-state index in [1.54, 1.807) is 25.5 Å². The Labute approximate surface area is 229 Å². The van der Waals surface area contributed by atoms with Crippen LogP contribution in [0.5, 0.6) is 17.2 Å². The Morgan fingerprint density at radius 3 is 2.69 bits per heavy atom. The lowest BCUT2D eigenvalue weighted by Gasteiger charge is -2.49. The number of rotatable bonds is 6. The lowest BCUT2D eigenvalue weighted by molar-refractivity contribution is 0.0955. The van der Waals surface area contributed by atoms with Gasteiger partial charge in [0.15, 0.2) is 0 Å². The van der Waals surface area contributed by atoms with Crippen LogP contribution in [0.2, 0.25) is 0 Å². The Morgan fingerprint density at radius 1 is 1.03 bits per heavy atom. The highest BCUT2D eigenvalue weighted by Gasteiger charge is 2.53. The minimum Gasteiger partial charge on any atom is -0.508 e. The zero-order valence-electron chi connectivity index (χ0n) is 22.6. The predicted octanol–water partition coefficient (Wildman–Crippen LogP) is 7.45. The molecule has 202 valence electrons. The third kappa shape index (κ3) is 4.93. The number of nitrogens with zero attached hydrogens (tertiary/aromatic N) is 2. The molecule has 3 aromatic carbocycles. The fraction of sp³-hybridized carbons (Fsp3) is 0.394. The zero-order valence-corrected chi connectivity index (χ0v) is 22.6. The number of fused-ring (bicyclic) bond motifs is 5. The van der Waals surface area contributed by atoms with Crippen molar-refractivity contribution in [1.29, 1.82) is 0 Å². The van der Waals surface area contributed by atoms with Gasteiger partial charge in [-0.05, 0) is 128 Å². The van der Waals surface area contributed by atoms with Crippen LogP contribution < -0.4 is 9.47 Å². The van der Waals surface area contributed by atoms with Crippen molar-refractivity contribution in [2.75, 3.05) is 7.11 Å². The van der Waals surface area contributed by atoms with Crippen LogP contribution in [0.3, 0.4) is 0 Å². The minimum absolute atomic E-state index is 0.0982. The van der Waals surface area contributed by atoms with Crippen molar-refractivity contribution in [2.45, 2.75) is 58.0 Å². The Balaban J connectivity index is 1.16. The van der Waals surface area contributed by atoms with Gasteiger partial charge in [0.1, 0.15) is 29.7 Å². The second-order valence-corrected chi connectivity index (χ2v) is 11.4. The fourth-order valence-corrected chi connectivity index (χ4v) is 7.37. The molecule has 0 aromatic heterocycles. The monoisotopic (exact) mass is 526 g/mol. The molecule has 5 nitrogen and oxygen atoms in total. The van der Waals surface area contributed by atoms with Gasteiger partial charge in [0.25, 0.3) is 0 Å². The third-order valence-electron chi connectivity index (χ3n) is 9.35. The summed E-state index contributed by atoms with van der Waals surface area (Å²) in [6.45, 7) is 2.70. The van der Waals surface area contributed by atoms with Crippen LogP contribution in [0.4, 0.5) is 4.39 Å². The minimum atomic E-state index is -0.291. The lowest BCUT2D eigenvalue weighted by Crippen LogP contribution is -2.42. The van der Waals surface area contributed by atoms with Crippen LogP contribution in [0, 0.1) is 23.1 Å². The molecular weight excluding hydrogens is 491 g/mol. The third-order valence-corrected chi connectivity index (χ3v) is 9.35. The summed E-state index contributed by atoms with van der Waals surface area (Å²) in [5, 5.41) is 19.3. The highest BCUT2D eigenvalue weighted by molar-refractivity contribution is 5.93. The van der Waals surface area contributed by atoms with Crippen molar-refractivity contribution in [3.63, 3.8) is 0 Å². The van der Waals surface area contributed by atoms with Gasteiger partial charge in [0, 0.05) is 16.7 Å². The van der Waals surface area contributed by atoms with Gasteiger partial charge < -0.3 is 14.6 Å². The number of hydrogen-bond donors (Lipinski definition) is 1. The summed E-state index contributed by atoms with van der Waals surface area (Å²) in [5.74, 6) is 3.30. The topological polar surface area (TPSA) is 63.4 Å². The Bertz CT molecular complexity index is 1420. The smallest absolute Gasteiger partial charge is 0.125 e. The van der Waals surface area contributed by atoms with Crippen molar-refractivity contribution >= 4 is 11.9 Å². The first-order valence-corrected chi connectivity index (χ1v) is 13.9. The number of aromatic hydroxyl groups is 1. The van der Waals surface area contributed by atoms with E-state index in [0.717, 1.165) is 42.6 Å². The lowest BCUT2D eigenvalue weighted by atomic mass is 9.55. The molecule has 0 heterocycles. The summed E-state index contributed by atoms with van der Waals surface area (Å²) >= 11 is 0. The number of phenols is 1. The first-order chi connectivity index (χ1) is 18.9. The molecule has 0 radical (unpaired) electrons. The van der Waals surface area contributed by atoms with E-state index < -0.39 is 0 Å². The molecule has 6 rings (SSSR count). The fourth-order valence-electron chi connectivity index (χ4n) is 7.37. The molecule has 0 aliphatic heterocycles. The van der Waals surface area contributed by atoms with Gasteiger partial charge in [-0.1, -0.05) is 13.0 Å². The average Bonchev–Trinajstić information content (AvgIpc) is 3.28. The van der Waals surface area contributed by atoms with Gasteiger partial charge in [-0.3, -0.25) is 0 Å². The summed E-state index contributed by atoms with van der Waals surface area (Å²) in [6.07, 6.45) is 8.50. The van der Waals surface area contributed by atoms with Crippen LogP contribution in [-0.4, -0.2) is 24.1 Å². The molecule has 6 heteroatoms. The molecule has 3 aliphatic rings. The molecular formula is C33H35FN2O3. The van der Waals surface area contributed by atoms with Crippen LogP contribution >= 0.6 is 0 Å². The van der Waals surface area contributed by atoms with Crippen molar-refractivity contribution < 1.29 is 19.0 Å². The maximum atomic E-state index is 13.2. The molecule has 2 fully saturated rings. The van der Waals surface area contributed by atoms with E-state index in [4.69, 9.17) is 14.6 Å². The van der Waals surface area contributed by atoms with E-state index in [9.17, 15) is 9.50 Å². The molecule has 2 saturated carbocycles. The van der Waals surface area contributed by atoms with Gasteiger partial charge in [-0.2, -0.15) is 10.2 Å². The maximum Gasteiger partial charge on any atom is 0.125 e. The van der Waals surface area contributed by atoms with Crippen LogP contribution in [-0.2, 0) is 13.0 Å². The molecule has 1 N–H and O–H groups in total. The predicted molar refractivity (Wildman–Crippen MR) is 151 cm³/mol. The first-order valence-electron chi connectivity index (χ1n) is 13.9. The number of benzene rings is 3. The van der Waals surface area contributed by atoms with E-state index in [-0.39, 0.29) is 11.2 Å². The molecule has 0 unspecified atom stereocenters. The van der Waals surface area contributed by atoms with Crippen molar-refractivity contribution in [3.05, 3.63) is 88.7 Å². The summed E-state index contributed by atoms with van der Waals surface area (Å²) in [6, 6.07) is 17.8. The first kappa shape index (κ1) is 25.6. The average molecular weight is 527 g/mol. The highest BCUT2D eigenvalue weighted by atomic mass is 19.1. The summed E-state index contributed by atoms with van der Waals surface area (Å²) in [7, 11) is 1.64. The molecule has 0 bridgehead atoms. The molecule has 3 aromatic rings. The van der Waals surface area contributed by atoms with E-state index >= 15 is 0 Å². The van der Waals surface area contributed by atoms with Gasteiger partial charge >= 0.3 is 0 Å². The van der Waals surface area contributed by atoms with E-state index in [1.807, 2.05) is 30.3 Å². The van der Waals surface area contributed by atoms with E-state index in [2.05, 4.69) is 18.1 Å². The Morgan fingerprint density at radius 2 is 1.87 bits per heavy atom. The second-order valence-electron chi connectivity index (χ2n) is 11.4. The number of aryl methyl sites for hydroxylation is 1. The Kier molecular flexibility index (Phi) is 6.88. The second kappa shape index (κ2) is 10.5. The van der Waals surface area contributed by atoms with E-state index in [0.29, 0.717) is 35.9 Å². The SMILES string of the molecule is COc1ccc(C=NN=C2CC[C@@H]3[C@@H]4CCc5cc(O)ccc5[C@H]4CC[C@]23C)cc1COc1ccc(F)cc1. The molecule has 0 saturated heterocycles. The van der Waals surface area contributed by atoms with Crippen LogP contribution in [0.25, 0.3) is 0 Å². The van der Waals surface area contributed by atoms with Crippen molar-refractivity contribution in [2.24, 2.45) is 27.5 Å². The van der Waals surface area contributed by atoms with Crippen molar-refractivity contribution in [3.8, 4) is 17.2 Å². The van der Waals surface area contributed by atoms with Gasteiger partial charge in [-0.15, -0.1) is 0 Å². The molecule has 0 amide bonds. The standard InChI is InChI=1S/C33H35FN2O3/c1-33-16-15-28-27-11-7-25(37)18-22(27)4-10-29(28)30(33)12-14-32(33)36-35-19-21-3-13-31(38-2)23(17-21)20-39-26-8-5-24(34)6-9-26/h3,5-9,11,13,17-19,28-30,37H,4,10,12,14-16,20H2,1-2H3/t28-,29-,30-,33+/m1/s1. The highest BCUT2D eigenvalue weighted by Crippen LogP contribution is 2.60. The summed E-state index contributed by atoms with van der Waals surface area (Å²) in [5.41, 5.74) is 5.92. The number of ether oxygens (including phenoxy) is 2. The Hall–Kier alpha value is -3.67. The number of halogens is 1. The number of hydrogen-bond acceptors (Lipinski definition) is 5. The van der Waals surface area contributed by atoms with Crippen LogP contribution in [0.15, 0.2) is 70.9 Å². The largest absolute Gasteiger partial charge is 0.508 e. The molecule has 39 heavy (non-hydrogen) atoms. The molecule has 3 aliphatic carbocycles. The molecule has 4 atom stereocenters. The number of methoxy groups -OCH3 is 1. The number of phenolic OH excluding ortho intramolecular Hbond substituents is 1. The maximum absolute atomic E-state index is 13.2. The van der Waals surface area contributed by atoms with Gasteiger partial charge in [-0.25, -0.2) is 4.39 Å². The van der Waals surface area contributed by atoms with Crippen LogP contribution in [0.1, 0.15) is 67.2 Å². The van der Waals surface area contributed by atoms with Gasteiger partial charge in [0.05, 0.1) is 13.3 Å². The van der Waals surface area contributed by atoms with Crippen molar-refractivity contribution in [1.82, 2.24) is 0 Å². The van der Waals surface area contributed by atoms with E-state index in [1.165, 1.54) is 41.8 Å². The van der Waals surface area contributed by atoms with Gasteiger partial charge in [0.2, 0.25) is 0 Å². The molecule has 0 spiro atoms. The zero-order chi connectivity index (χ0) is 27.0. The normalized spacial score (nSPS) is 26.7. The quantitative estimate of drug-likeness (QED) is 0.268. The summed E-state index contributed by atoms with van der Waals surface area (Å²) in [4.78, 5) is 0. The summed E-state index contributed by atoms with van der Waals surface area (Å²) < 4.78 is 24.6.